The van der Waals surface area contributed by atoms with Gasteiger partial charge in [0.2, 0.25) is 5.91 Å². The summed E-state index contributed by atoms with van der Waals surface area (Å²) in [4.78, 5) is 16.2. The van der Waals surface area contributed by atoms with E-state index in [0.717, 1.165) is 5.69 Å². The Labute approximate surface area is 111 Å². The highest BCUT2D eigenvalue weighted by atomic mass is 16.1. The average Bonchev–Trinajstić information content (AvgIpc) is 2.43. The van der Waals surface area contributed by atoms with Crippen molar-refractivity contribution in [2.45, 2.75) is 12.8 Å². The van der Waals surface area contributed by atoms with Gasteiger partial charge >= 0.3 is 0 Å². The monoisotopic (exact) mass is 251 g/mol. The molecule has 0 fully saturated rings. The molecule has 1 heterocycles. The maximum Gasteiger partial charge on any atom is 0.246 e. The number of hydrogen-bond donors (Lipinski definition) is 1. The predicted octanol–water partition coefficient (Wildman–Crippen LogP) is 2.64. The summed E-state index contributed by atoms with van der Waals surface area (Å²) >= 11 is 0. The second-order valence-corrected chi connectivity index (χ2v) is 4.10. The largest absolute Gasteiger partial charge is 0.323 e. The van der Waals surface area contributed by atoms with E-state index in [9.17, 15) is 10.1 Å². The van der Waals surface area contributed by atoms with Crippen molar-refractivity contribution in [2.75, 3.05) is 5.32 Å². The number of amides is 1. The van der Waals surface area contributed by atoms with Crippen molar-refractivity contribution in [1.29, 1.82) is 5.26 Å². The molecule has 0 aliphatic carbocycles. The Morgan fingerprint density at radius 1 is 1.26 bits per heavy atom. The lowest BCUT2D eigenvalue weighted by Gasteiger charge is -2.11. The van der Waals surface area contributed by atoms with Crippen molar-refractivity contribution in [1.82, 2.24) is 4.98 Å². The van der Waals surface area contributed by atoms with Crippen LogP contribution in [-0.4, -0.2) is 10.9 Å². The summed E-state index contributed by atoms with van der Waals surface area (Å²) in [5.41, 5.74) is 2.04. The van der Waals surface area contributed by atoms with Crippen LogP contribution in [0.4, 0.5) is 5.69 Å². The molecule has 1 aromatic heterocycles. The number of aromatic nitrogens is 1. The topological polar surface area (TPSA) is 65.8 Å². The Balaban J connectivity index is 2.20. The first-order valence-corrected chi connectivity index (χ1v) is 5.89. The Hall–Kier alpha value is -2.67. The lowest BCUT2D eigenvalue weighted by atomic mass is 10.00. The Morgan fingerprint density at radius 2 is 2.00 bits per heavy atom. The number of benzene rings is 1. The normalized spacial score (nSPS) is 11.4. The zero-order valence-corrected chi connectivity index (χ0v) is 10.5. The van der Waals surface area contributed by atoms with E-state index < -0.39 is 5.92 Å². The van der Waals surface area contributed by atoms with E-state index in [0.29, 0.717) is 11.3 Å². The van der Waals surface area contributed by atoms with E-state index >= 15 is 0 Å². The fraction of sp³-hybridized carbons (Fsp3) is 0.133. The molecule has 19 heavy (non-hydrogen) atoms. The number of pyridine rings is 1. The van der Waals surface area contributed by atoms with Gasteiger partial charge in [0.05, 0.1) is 17.5 Å². The van der Waals surface area contributed by atoms with Crippen LogP contribution in [0.2, 0.25) is 0 Å². The van der Waals surface area contributed by atoms with Gasteiger partial charge < -0.3 is 5.32 Å². The van der Waals surface area contributed by atoms with E-state index in [2.05, 4.69) is 10.3 Å². The molecule has 0 bridgehead atoms. The van der Waals surface area contributed by atoms with Gasteiger partial charge in [-0.25, -0.2) is 0 Å². The molecule has 0 aliphatic heterocycles. The molecule has 4 nitrogen and oxygen atoms in total. The smallest absolute Gasteiger partial charge is 0.246 e. The van der Waals surface area contributed by atoms with E-state index in [1.165, 1.54) is 0 Å². The summed E-state index contributed by atoms with van der Waals surface area (Å²) in [6.45, 7) is 1.81. The number of nitriles is 1. The van der Waals surface area contributed by atoms with Gasteiger partial charge in [-0.15, -0.1) is 0 Å². The minimum absolute atomic E-state index is 0.343. The van der Waals surface area contributed by atoms with Crippen LogP contribution < -0.4 is 5.32 Å². The predicted molar refractivity (Wildman–Crippen MR) is 72.4 cm³/mol. The molecule has 1 amide bonds. The molecule has 4 heteroatoms. The van der Waals surface area contributed by atoms with Crippen LogP contribution in [0.25, 0.3) is 0 Å². The minimum atomic E-state index is -0.819. The summed E-state index contributed by atoms with van der Waals surface area (Å²) in [6.07, 6.45) is 1.66. The maximum absolute atomic E-state index is 12.1. The number of aryl methyl sites for hydroxylation is 1. The Kier molecular flexibility index (Phi) is 3.89. The van der Waals surface area contributed by atoms with Gasteiger partial charge in [-0.1, -0.05) is 30.3 Å². The molecule has 0 saturated carbocycles. The number of rotatable bonds is 3. The quantitative estimate of drug-likeness (QED) is 0.911. The molecule has 0 radical (unpaired) electrons. The molecule has 1 unspecified atom stereocenters. The van der Waals surface area contributed by atoms with Crippen LogP contribution in [-0.2, 0) is 4.79 Å². The van der Waals surface area contributed by atoms with Crippen LogP contribution >= 0.6 is 0 Å². The molecule has 1 atom stereocenters. The number of carbonyl (C=O) groups excluding carboxylic acids is 1. The fourth-order valence-corrected chi connectivity index (χ4v) is 1.75. The van der Waals surface area contributed by atoms with E-state index in [1.807, 2.05) is 24.3 Å². The molecule has 0 aliphatic rings. The van der Waals surface area contributed by atoms with Gasteiger partial charge in [0.25, 0.3) is 0 Å². The highest BCUT2D eigenvalue weighted by molar-refractivity contribution is 5.98. The standard InChI is InChI=1S/C15H13N3O/c1-11-14(8-5-9-17-11)18-15(19)13(10-16)12-6-3-2-4-7-12/h2-9,13H,1H3,(H,18,19). The van der Waals surface area contributed by atoms with Crippen LogP contribution in [0.1, 0.15) is 17.2 Å². The van der Waals surface area contributed by atoms with Gasteiger partial charge in [0, 0.05) is 6.20 Å². The molecule has 0 spiro atoms. The third-order valence-corrected chi connectivity index (χ3v) is 2.79. The third kappa shape index (κ3) is 2.96. The van der Waals surface area contributed by atoms with Gasteiger partial charge in [0.1, 0.15) is 0 Å². The number of nitrogens with one attached hydrogen (secondary N) is 1. The van der Waals surface area contributed by atoms with Crippen molar-refractivity contribution >= 4 is 11.6 Å². The summed E-state index contributed by atoms with van der Waals surface area (Å²) < 4.78 is 0. The first-order chi connectivity index (χ1) is 9.22. The first-order valence-electron chi connectivity index (χ1n) is 5.89. The molecule has 1 aromatic carbocycles. The highest BCUT2D eigenvalue weighted by Gasteiger charge is 2.20. The number of nitrogens with zero attached hydrogens (tertiary/aromatic N) is 2. The van der Waals surface area contributed by atoms with E-state index in [4.69, 9.17) is 0 Å². The van der Waals surface area contributed by atoms with E-state index in [1.54, 1.807) is 37.4 Å². The van der Waals surface area contributed by atoms with Crippen molar-refractivity contribution in [3.05, 3.63) is 59.9 Å². The highest BCUT2D eigenvalue weighted by Crippen LogP contribution is 2.18. The van der Waals surface area contributed by atoms with Crippen molar-refractivity contribution < 1.29 is 4.79 Å². The second kappa shape index (κ2) is 5.78. The van der Waals surface area contributed by atoms with Gasteiger partial charge in [-0.2, -0.15) is 5.26 Å². The third-order valence-electron chi connectivity index (χ3n) is 2.79. The number of hydrogen-bond acceptors (Lipinski definition) is 3. The van der Waals surface area contributed by atoms with Gasteiger partial charge in [-0.3, -0.25) is 9.78 Å². The fourth-order valence-electron chi connectivity index (χ4n) is 1.75. The number of carbonyl (C=O) groups is 1. The molecule has 1 N–H and O–H groups in total. The average molecular weight is 251 g/mol. The molecule has 94 valence electrons. The zero-order chi connectivity index (χ0) is 13.7. The van der Waals surface area contributed by atoms with Crippen LogP contribution in [0.5, 0.6) is 0 Å². The number of anilines is 1. The Morgan fingerprint density at radius 3 is 2.63 bits per heavy atom. The molecular formula is C15H13N3O. The summed E-state index contributed by atoms with van der Waals surface area (Å²) in [5.74, 6) is -1.16. The van der Waals surface area contributed by atoms with Crippen LogP contribution in [0, 0.1) is 18.3 Å². The van der Waals surface area contributed by atoms with Crippen LogP contribution in [0.15, 0.2) is 48.7 Å². The van der Waals surface area contributed by atoms with Gasteiger partial charge in [0.15, 0.2) is 5.92 Å². The minimum Gasteiger partial charge on any atom is -0.323 e. The lowest BCUT2D eigenvalue weighted by molar-refractivity contribution is -0.116. The molecule has 0 saturated heterocycles. The van der Waals surface area contributed by atoms with Crippen molar-refractivity contribution in [2.24, 2.45) is 0 Å². The van der Waals surface area contributed by atoms with E-state index in [-0.39, 0.29) is 5.91 Å². The van der Waals surface area contributed by atoms with Crippen LogP contribution in [0.3, 0.4) is 0 Å². The maximum atomic E-state index is 12.1. The summed E-state index contributed by atoms with van der Waals surface area (Å²) in [6, 6.07) is 14.5. The Bertz CT molecular complexity index is 617. The molecular weight excluding hydrogens is 238 g/mol. The second-order valence-electron chi connectivity index (χ2n) is 4.10. The van der Waals surface area contributed by atoms with Crippen molar-refractivity contribution in [3.8, 4) is 6.07 Å². The summed E-state index contributed by atoms with van der Waals surface area (Å²) in [5, 5.41) is 11.9. The van der Waals surface area contributed by atoms with Gasteiger partial charge in [-0.05, 0) is 24.6 Å². The molecule has 2 aromatic rings. The zero-order valence-electron chi connectivity index (χ0n) is 10.5. The molecule has 2 rings (SSSR count). The summed E-state index contributed by atoms with van der Waals surface area (Å²) in [7, 11) is 0. The SMILES string of the molecule is Cc1ncccc1NC(=O)C(C#N)c1ccccc1. The van der Waals surface area contributed by atoms with Crippen molar-refractivity contribution in [3.63, 3.8) is 0 Å². The lowest BCUT2D eigenvalue weighted by Crippen LogP contribution is -2.20. The first kappa shape index (κ1) is 12.8.